The monoisotopic (exact) mass is 277 g/mol. The van der Waals surface area contributed by atoms with Crippen molar-refractivity contribution in [2.24, 2.45) is 0 Å². The molecule has 1 fully saturated rings. The summed E-state index contributed by atoms with van der Waals surface area (Å²) in [6, 6.07) is 8.75. The van der Waals surface area contributed by atoms with Gasteiger partial charge in [0, 0.05) is 10.9 Å². The van der Waals surface area contributed by atoms with E-state index in [0.717, 1.165) is 30.6 Å². The first-order valence-electron chi connectivity index (χ1n) is 7.35. The van der Waals surface area contributed by atoms with Crippen molar-refractivity contribution in [2.45, 2.75) is 62.8 Å². The topological polar surface area (TPSA) is 29.1 Å². The van der Waals surface area contributed by atoms with Crippen molar-refractivity contribution in [3.8, 4) is 0 Å². The van der Waals surface area contributed by atoms with Gasteiger partial charge in [0.1, 0.15) is 0 Å². The molecule has 2 nitrogen and oxygen atoms in total. The van der Waals surface area contributed by atoms with Gasteiger partial charge >= 0.3 is 0 Å². The van der Waals surface area contributed by atoms with Crippen molar-refractivity contribution in [1.29, 1.82) is 0 Å². The lowest BCUT2D eigenvalue weighted by Crippen LogP contribution is -2.33. The third kappa shape index (κ3) is 4.90. The van der Waals surface area contributed by atoms with Crippen LogP contribution in [0.1, 0.15) is 51.0 Å². The second-order valence-corrected chi connectivity index (χ2v) is 6.31. The molecule has 1 amide bonds. The van der Waals surface area contributed by atoms with E-state index in [1.165, 1.54) is 36.6 Å². The number of hydrogen-bond acceptors (Lipinski definition) is 2. The summed E-state index contributed by atoms with van der Waals surface area (Å²) < 4.78 is 0. The van der Waals surface area contributed by atoms with Crippen LogP contribution in [-0.2, 0) is 6.42 Å². The van der Waals surface area contributed by atoms with Gasteiger partial charge in [0.2, 0.25) is 0 Å². The Morgan fingerprint density at radius 3 is 2.53 bits per heavy atom. The number of rotatable bonds is 4. The van der Waals surface area contributed by atoms with E-state index in [2.05, 4.69) is 36.5 Å². The Labute approximate surface area is 120 Å². The summed E-state index contributed by atoms with van der Waals surface area (Å²) in [6.07, 6.45) is 8.37. The Morgan fingerprint density at radius 2 is 1.89 bits per heavy atom. The fraction of sp³-hybridized carbons (Fsp3) is 0.562. The van der Waals surface area contributed by atoms with Gasteiger partial charge in [-0.05, 0) is 48.7 Å². The average Bonchev–Trinajstić information content (AvgIpc) is 2.42. The zero-order chi connectivity index (χ0) is 13.5. The average molecular weight is 277 g/mol. The Kier molecular flexibility index (Phi) is 5.77. The van der Waals surface area contributed by atoms with E-state index < -0.39 is 0 Å². The summed E-state index contributed by atoms with van der Waals surface area (Å²) in [5.74, 6) is 0. The molecule has 1 aromatic carbocycles. The highest BCUT2D eigenvalue weighted by molar-refractivity contribution is 8.13. The maximum Gasteiger partial charge on any atom is 0.284 e. The van der Waals surface area contributed by atoms with Crippen molar-refractivity contribution in [1.82, 2.24) is 5.32 Å². The minimum absolute atomic E-state index is 0.0927. The first kappa shape index (κ1) is 14.4. The molecule has 1 aliphatic rings. The molecule has 1 saturated carbocycles. The highest BCUT2D eigenvalue weighted by Gasteiger charge is 2.16. The fourth-order valence-electron chi connectivity index (χ4n) is 2.56. The van der Waals surface area contributed by atoms with Crippen molar-refractivity contribution in [2.75, 3.05) is 0 Å². The third-order valence-corrected chi connectivity index (χ3v) is 4.41. The molecule has 1 N–H and O–H groups in total. The maximum atomic E-state index is 11.9. The SMILES string of the molecule is CCCc1ccc(SC(=O)NC2CCCCC2)cc1. The first-order chi connectivity index (χ1) is 9.28. The molecule has 0 aliphatic heterocycles. The number of amides is 1. The van der Waals surface area contributed by atoms with Gasteiger partial charge in [0.05, 0.1) is 0 Å². The second-order valence-electron chi connectivity index (χ2n) is 5.26. The van der Waals surface area contributed by atoms with Crippen LogP contribution < -0.4 is 5.32 Å². The van der Waals surface area contributed by atoms with Crippen molar-refractivity contribution in [3.05, 3.63) is 29.8 Å². The Morgan fingerprint density at radius 1 is 1.21 bits per heavy atom. The fourth-order valence-corrected chi connectivity index (χ4v) is 3.27. The standard InChI is InChI=1S/C16H23NOS/c1-2-6-13-9-11-15(12-10-13)19-16(18)17-14-7-4-3-5-8-14/h9-12,14H,2-8H2,1H3,(H,17,18). The summed E-state index contributed by atoms with van der Waals surface area (Å²) in [5, 5.41) is 3.22. The van der Waals surface area contributed by atoms with E-state index in [1.807, 2.05) is 0 Å². The molecule has 0 saturated heterocycles. The molecular formula is C16H23NOS. The molecule has 0 aromatic heterocycles. The van der Waals surface area contributed by atoms with Crippen LogP contribution in [-0.4, -0.2) is 11.3 Å². The second kappa shape index (κ2) is 7.59. The molecule has 3 heteroatoms. The molecule has 0 heterocycles. The van der Waals surface area contributed by atoms with E-state index in [0.29, 0.717) is 6.04 Å². The number of thioether (sulfide) groups is 1. The summed E-state index contributed by atoms with van der Waals surface area (Å²) in [6.45, 7) is 2.18. The predicted molar refractivity (Wildman–Crippen MR) is 81.7 cm³/mol. The number of carbonyl (C=O) groups is 1. The number of hydrogen-bond donors (Lipinski definition) is 1. The molecule has 0 spiro atoms. The van der Waals surface area contributed by atoms with Gasteiger partial charge in [-0.2, -0.15) is 0 Å². The highest BCUT2D eigenvalue weighted by Crippen LogP contribution is 2.22. The molecule has 0 atom stereocenters. The Balaban J connectivity index is 1.80. The summed E-state index contributed by atoms with van der Waals surface area (Å²) >= 11 is 1.31. The number of nitrogens with one attached hydrogen (secondary N) is 1. The zero-order valence-electron chi connectivity index (χ0n) is 11.7. The van der Waals surface area contributed by atoms with Crippen molar-refractivity contribution >= 4 is 17.0 Å². The van der Waals surface area contributed by atoms with E-state index in [-0.39, 0.29) is 5.24 Å². The van der Waals surface area contributed by atoms with Crippen LogP contribution in [0, 0.1) is 0 Å². The lowest BCUT2D eigenvalue weighted by Gasteiger charge is -2.22. The number of aryl methyl sites for hydroxylation is 1. The smallest absolute Gasteiger partial charge is 0.284 e. The highest BCUT2D eigenvalue weighted by atomic mass is 32.2. The van der Waals surface area contributed by atoms with Crippen LogP contribution in [0.4, 0.5) is 4.79 Å². The van der Waals surface area contributed by atoms with Gasteiger partial charge in [-0.1, -0.05) is 44.7 Å². The van der Waals surface area contributed by atoms with E-state index in [9.17, 15) is 4.79 Å². The van der Waals surface area contributed by atoms with Gasteiger partial charge in [-0.25, -0.2) is 0 Å². The van der Waals surface area contributed by atoms with Crippen molar-refractivity contribution in [3.63, 3.8) is 0 Å². The van der Waals surface area contributed by atoms with Crippen LogP contribution in [0.2, 0.25) is 0 Å². The molecule has 2 rings (SSSR count). The largest absolute Gasteiger partial charge is 0.344 e. The van der Waals surface area contributed by atoms with E-state index >= 15 is 0 Å². The lowest BCUT2D eigenvalue weighted by atomic mass is 9.96. The molecule has 1 aromatic rings. The van der Waals surface area contributed by atoms with E-state index in [4.69, 9.17) is 0 Å². The van der Waals surface area contributed by atoms with Gasteiger partial charge in [0.25, 0.3) is 5.24 Å². The van der Waals surface area contributed by atoms with Gasteiger partial charge in [-0.15, -0.1) is 0 Å². The maximum absolute atomic E-state index is 11.9. The minimum Gasteiger partial charge on any atom is -0.344 e. The molecular weight excluding hydrogens is 254 g/mol. The Bertz CT molecular complexity index is 396. The van der Waals surface area contributed by atoms with Crippen LogP contribution in [0.5, 0.6) is 0 Å². The molecule has 0 bridgehead atoms. The molecule has 104 valence electrons. The molecule has 0 unspecified atom stereocenters. The number of carbonyl (C=O) groups excluding carboxylic acids is 1. The molecule has 1 aliphatic carbocycles. The minimum atomic E-state index is 0.0927. The quantitative estimate of drug-likeness (QED) is 0.803. The predicted octanol–water partition coefficient (Wildman–Crippen LogP) is 4.77. The van der Waals surface area contributed by atoms with Crippen LogP contribution >= 0.6 is 11.8 Å². The normalized spacial score (nSPS) is 16.3. The summed E-state index contributed by atoms with van der Waals surface area (Å²) in [4.78, 5) is 13.0. The third-order valence-electron chi connectivity index (χ3n) is 3.60. The molecule has 0 radical (unpaired) electrons. The first-order valence-corrected chi connectivity index (χ1v) is 8.17. The van der Waals surface area contributed by atoms with Gasteiger partial charge in [-0.3, -0.25) is 4.79 Å². The van der Waals surface area contributed by atoms with Gasteiger partial charge < -0.3 is 5.32 Å². The van der Waals surface area contributed by atoms with Crippen molar-refractivity contribution < 1.29 is 4.79 Å². The Hall–Kier alpha value is -0.960. The van der Waals surface area contributed by atoms with Crippen LogP contribution in [0.3, 0.4) is 0 Å². The van der Waals surface area contributed by atoms with Crippen LogP contribution in [0.25, 0.3) is 0 Å². The number of benzene rings is 1. The van der Waals surface area contributed by atoms with Gasteiger partial charge in [0.15, 0.2) is 0 Å². The molecule has 19 heavy (non-hydrogen) atoms. The van der Waals surface area contributed by atoms with Crippen LogP contribution in [0.15, 0.2) is 29.2 Å². The zero-order valence-corrected chi connectivity index (χ0v) is 12.5. The summed E-state index contributed by atoms with van der Waals surface area (Å²) in [7, 11) is 0. The van der Waals surface area contributed by atoms with E-state index in [1.54, 1.807) is 0 Å². The lowest BCUT2D eigenvalue weighted by molar-refractivity contribution is 0.253. The summed E-state index contributed by atoms with van der Waals surface area (Å²) in [5.41, 5.74) is 1.35.